The second kappa shape index (κ2) is 7.41. The summed E-state index contributed by atoms with van der Waals surface area (Å²) in [6, 6.07) is 0.229. The second-order valence-electron chi connectivity index (χ2n) is 7.69. The van der Waals surface area contributed by atoms with Gasteiger partial charge in [-0.25, -0.2) is 9.78 Å². The lowest BCUT2D eigenvalue weighted by Crippen LogP contribution is -2.54. The van der Waals surface area contributed by atoms with Gasteiger partial charge in [-0.05, 0) is 13.8 Å². The summed E-state index contributed by atoms with van der Waals surface area (Å²) in [6.07, 6.45) is 0.00474. The van der Waals surface area contributed by atoms with Gasteiger partial charge in [0.15, 0.2) is 10.9 Å². The number of Topliss-reactive ketones (excluding diaryl/α,β-unsaturated/α-hetero) is 1. The van der Waals surface area contributed by atoms with Crippen LogP contribution in [0.15, 0.2) is 23.0 Å². The fourth-order valence-corrected chi connectivity index (χ4v) is 5.54. The van der Waals surface area contributed by atoms with E-state index in [2.05, 4.69) is 21.4 Å². The first-order chi connectivity index (χ1) is 14.6. The molecule has 1 amide bonds. The van der Waals surface area contributed by atoms with Gasteiger partial charge in [-0.3, -0.25) is 9.59 Å². The zero-order valence-corrected chi connectivity index (χ0v) is 17.9. The Hall–Kier alpha value is -2.80. The number of thiazole rings is 1. The van der Waals surface area contributed by atoms with Gasteiger partial charge in [-0.15, -0.1) is 11.3 Å². The lowest BCUT2D eigenvalue weighted by molar-refractivity contribution is -0.136. The first-order valence-electron chi connectivity index (χ1n) is 9.59. The summed E-state index contributed by atoms with van der Waals surface area (Å²) in [7, 11) is 1.57. The highest BCUT2D eigenvalue weighted by molar-refractivity contribution is 7.15. The number of ketones is 2. The molecule has 6 N–H and O–H groups in total. The molecule has 0 aromatic carbocycles. The number of nitrogens with one attached hydrogen (secondary N) is 2. The molecule has 3 aliphatic heterocycles. The van der Waals surface area contributed by atoms with Gasteiger partial charge in [-0.1, -0.05) is 0 Å². The van der Waals surface area contributed by atoms with Crippen LogP contribution in [0, 0.1) is 19.8 Å². The maximum absolute atomic E-state index is 13.2. The van der Waals surface area contributed by atoms with Gasteiger partial charge in [0, 0.05) is 36.2 Å². The lowest BCUT2D eigenvalue weighted by atomic mass is 9.84. The van der Waals surface area contributed by atoms with Crippen molar-refractivity contribution in [3.8, 4) is 0 Å². The van der Waals surface area contributed by atoms with Crippen molar-refractivity contribution in [2.24, 2.45) is 11.7 Å². The highest BCUT2D eigenvalue weighted by Gasteiger charge is 2.72. The average Bonchev–Trinajstić information content (AvgIpc) is 3.16. The van der Waals surface area contributed by atoms with Crippen molar-refractivity contribution < 1.29 is 29.3 Å². The number of rotatable bonds is 4. The van der Waals surface area contributed by atoms with E-state index < -0.39 is 17.7 Å². The molecule has 1 aliphatic carbocycles. The summed E-state index contributed by atoms with van der Waals surface area (Å²) in [5.41, 5.74) is 4.93. The zero-order valence-electron chi connectivity index (χ0n) is 17.1. The van der Waals surface area contributed by atoms with E-state index in [0.29, 0.717) is 22.9 Å². The summed E-state index contributed by atoms with van der Waals surface area (Å²) in [6.45, 7) is 4.17. The molecule has 2 saturated heterocycles. The van der Waals surface area contributed by atoms with Crippen molar-refractivity contribution in [3.05, 3.63) is 33.6 Å². The number of ether oxygens (including phenoxy) is 1. The van der Waals surface area contributed by atoms with E-state index in [1.165, 1.54) is 17.4 Å². The molecule has 5 rings (SSSR count). The van der Waals surface area contributed by atoms with Gasteiger partial charge >= 0.3 is 6.09 Å². The lowest BCUT2D eigenvalue weighted by Gasteiger charge is -2.39. The minimum atomic E-state index is -1.33. The van der Waals surface area contributed by atoms with Gasteiger partial charge in [0.2, 0.25) is 11.6 Å². The molecule has 12 heteroatoms. The zero-order chi connectivity index (χ0) is 22.7. The number of aliphatic hydroxyl groups excluding tert-OH is 1. The third-order valence-corrected chi connectivity index (χ3v) is 7.07. The number of aromatic nitrogens is 1. The molecule has 2 fully saturated rings. The van der Waals surface area contributed by atoms with Crippen molar-refractivity contribution in [2.75, 3.05) is 25.6 Å². The van der Waals surface area contributed by atoms with Gasteiger partial charge in [0.25, 0.3) is 0 Å². The third kappa shape index (κ3) is 3.14. The molecule has 1 aromatic heterocycles. The minimum Gasteiger partial charge on any atom is -0.465 e. The number of anilines is 1. The molecule has 1 aromatic rings. The Morgan fingerprint density at radius 3 is 2.71 bits per heavy atom. The maximum Gasteiger partial charge on any atom is 0.402 e. The van der Waals surface area contributed by atoms with Crippen LogP contribution in [0.5, 0.6) is 0 Å². The summed E-state index contributed by atoms with van der Waals surface area (Å²) in [5.74, 6) is -1.10. The van der Waals surface area contributed by atoms with Gasteiger partial charge in [0.1, 0.15) is 0 Å². The normalized spacial score (nSPS) is 30.3. The predicted octanol–water partition coefficient (Wildman–Crippen LogP) is -0.294. The van der Waals surface area contributed by atoms with Crippen LogP contribution in [0.1, 0.15) is 10.6 Å². The third-order valence-electron chi connectivity index (χ3n) is 6.08. The second-order valence-corrected chi connectivity index (χ2v) is 8.89. The van der Waals surface area contributed by atoms with Crippen molar-refractivity contribution in [3.63, 3.8) is 0 Å². The number of aliphatic hydroxyl groups is 1. The van der Waals surface area contributed by atoms with Gasteiger partial charge < -0.3 is 36.2 Å². The molecule has 4 aliphatic rings. The van der Waals surface area contributed by atoms with E-state index in [1.807, 2.05) is 18.7 Å². The fraction of sp³-hybridized carbons (Fsp3) is 0.474. The average molecular weight is 449 g/mol. The Balaban J connectivity index is 0.000000535. The van der Waals surface area contributed by atoms with Gasteiger partial charge in [0.05, 0.1) is 35.7 Å². The molecule has 31 heavy (non-hydrogen) atoms. The van der Waals surface area contributed by atoms with Crippen LogP contribution in [0.3, 0.4) is 0 Å². The van der Waals surface area contributed by atoms with Gasteiger partial charge in [-0.2, -0.15) is 0 Å². The SMILES string of the molecule is COC12C(CO)C3=C(C(=O)C=C(Nc4nc(C)c(C)s4)C3=O)N1CC1NC12.NC(=O)O. The summed E-state index contributed by atoms with van der Waals surface area (Å²) >= 11 is 1.43. The predicted molar refractivity (Wildman–Crippen MR) is 110 cm³/mol. The number of carbonyl (C=O) groups excluding carboxylic acids is 2. The van der Waals surface area contributed by atoms with E-state index in [4.69, 9.17) is 14.6 Å². The molecule has 0 spiro atoms. The molecular weight excluding hydrogens is 426 g/mol. The number of piperazine rings is 1. The number of carboxylic acid groups (broad SMARTS) is 1. The molecule has 0 saturated carbocycles. The van der Waals surface area contributed by atoms with Crippen molar-refractivity contribution >= 4 is 34.1 Å². The number of fused-ring (bicyclic) bond motifs is 4. The number of methoxy groups -OCH3 is 1. The van der Waals surface area contributed by atoms with E-state index in [9.17, 15) is 14.7 Å². The Morgan fingerprint density at radius 2 is 2.16 bits per heavy atom. The monoisotopic (exact) mass is 449 g/mol. The Kier molecular flexibility index (Phi) is 5.12. The van der Waals surface area contributed by atoms with E-state index in [-0.39, 0.29) is 36.0 Å². The van der Waals surface area contributed by atoms with Crippen molar-refractivity contribution in [1.29, 1.82) is 0 Å². The molecule has 166 valence electrons. The minimum absolute atomic E-state index is 0.00604. The molecule has 11 nitrogen and oxygen atoms in total. The smallest absolute Gasteiger partial charge is 0.402 e. The first-order valence-corrected chi connectivity index (χ1v) is 10.4. The topological polar surface area (TPSA) is 177 Å². The van der Waals surface area contributed by atoms with Crippen molar-refractivity contribution in [2.45, 2.75) is 31.7 Å². The molecule has 4 heterocycles. The van der Waals surface area contributed by atoms with Crippen molar-refractivity contribution in [1.82, 2.24) is 15.2 Å². The van der Waals surface area contributed by atoms with Crippen LogP contribution in [0.2, 0.25) is 0 Å². The number of nitrogens with two attached hydrogens (primary N) is 1. The largest absolute Gasteiger partial charge is 0.465 e. The Morgan fingerprint density at radius 1 is 1.48 bits per heavy atom. The van der Waals surface area contributed by atoms with Crippen LogP contribution in [-0.4, -0.2) is 75.8 Å². The molecule has 4 unspecified atom stereocenters. The van der Waals surface area contributed by atoms with E-state index in [0.717, 1.165) is 10.6 Å². The molecule has 4 atom stereocenters. The molecular formula is C19H23N5O6S. The van der Waals surface area contributed by atoms with Crippen LogP contribution in [0.4, 0.5) is 9.93 Å². The maximum atomic E-state index is 13.2. The quantitative estimate of drug-likeness (QED) is 0.303. The van der Waals surface area contributed by atoms with Crippen LogP contribution < -0.4 is 16.4 Å². The Labute approximate surface area is 181 Å². The number of nitrogens with zero attached hydrogens (tertiary/aromatic N) is 2. The highest BCUT2D eigenvalue weighted by atomic mass is 32.1. The summed E-state index contributed by atoms with van der Waals surface area (Å²) < 4.78 is 5.84. The van der Waals surface area contributed by atoms with E-state index >= 15 is 0 Å². The number of hydrogen-bond donors (Lipinski definition) is 5. The number of allylic oxidation sites excluding steroid dienone is 2. The summed E-state index contributed by atoms with van der Waals surface area (Å²) in [4.78, 5) is 42.3. The van der Waals surface area contributed by atoms with Crippen LogP contribution >= 0.6 is 11.3 Å². The number of primary amides is 1. The number of hydrogen-bond acceptors (Lipinski definition) is 10. The van der Waals surface area contributed by atoms with Crippen LogP contribution in [0.25, 0.3) is 0 Å². The Bertz CT molecular complexity index is 1030. The standard InChI is InChI=1S/C18H20N4O4S.CH3NO2/c1-7-8(2)27-17(19-7)21-10-4-12(24)14-13(15(10)25)9(6-23)18(26-3)16-11(20-16)5-22(14)18;2-1(3)4/h4,9,11,16,20,23H,5-6H2,1-3H3,(H,19,21);2H2,(H,3,4). The van der Waals surface area contributed by atoms with E-state index in [1.54, 1.807) is 7.11 Å². The summed E-state index contributed by atoms with van der Waals surface area (Å²) in [5, 5.41) is 24.2. The number of amides is 1. The van der Waals surface area contributed by atoms with Crippen LogP contribution in [-0.2, 0) is 14.3 Å². The highest BCUT2D eigenvalue weighted by Crippen LogP contribution is 2.54. The molecule has 0 radical (unpaired) electrons. The molecule has 0 bridgehead atoms. The first kappa shape index (κ1) is 21.4. The number of carbonyl (C=O) groups is 3. The fourth-order valence-electron chi connectivity index (χ4n) is 4.71. The number of aryl methyl sites for hydroxylation is 2.